The first-order chi connectivity index (χ1) is 6.70. The topological polar surface area (TPSA) is 47.0 Å². The minimum Gasteiger partial charge on any atom is -0.289 e. The van der Waals surface area contributed by atoms with Gasteiger partial charge in [-0.15, -0.1) is 0 Å². The molecule has 3 heteroatoms. The Morgan fingerprint density at radius 2 is 1.86 bits per heavy atom. The number of pyridine rings is 1. The molecule has 0 radical (unpaired) electrons. The molecule has 0 N–H and O–H groups in total. The van der Waals surface area contributed by atoms with Gasteiger partial charge in [0.1, 0.15) is 5.69 Å². The molecule has 0 aromatic carbocycles. The van der Waals surface area contributed by atoms with Crippen molar-refractivity contribution in [3.63, 3.8) is 0 Å². The van der Waals surface area contributed by atoms with Crippen LogP contribution in [0.2, 0.25) is 0 Å². The van der Waals surface area contributed by atoms with Gasteiger partial charge in [0.05, 0.1) is 5.56 Å². The van der Waals surface area contributed by atoms with E-state index in [1.807, 2.05) is 0 Å². The molecule has 0 atom stereocenters. The van der Waals surface area contributed by atoms with Gasteiger partial charge in [-0.05, 0) is 24.3 Å². The summed E-state index contributed by atoms with van der Waals surface area (Å²) in [7, 11) is 0. The van der Waals surface area contributed by atoms with E-state index in [0.717, 1.165) is 12.2 Å². The SMILES string of the molecule is C=CC(=O)c1cccnc1C(=O)C=C. The van der Waals surface area contributed by atoms with Crippen molar-refractivity contribution in [3.05, 3.63) is 54.9 Å². The first-order valence-corrected chi connectivity index (χ1v) is 3.99. The molecule has 0 aliphatic rings. The number of carbonyl (C=O) groups is 2. The van der Waals surface area contributed by atoms with E-state index in [0.29, 0.717) is 0 Å². The fourth-order valence-corrected chi connectivity index (χ4v) is 1.01. The molecule has 0 saturated heterocycles. The number of hydrogen-bond donors (Lipinski definition) is 0. The Labute approximate surface area is 81.8 Å². The van der Waals surface area contributed by atoms with Crippen LogP contribution in [0.4, 0.5) is 0 Å². The lowest BCUT2D eigenvalue weighted by molar-refractivity contribution is 0.101. The van der Waals surface area contributed by atoms with Crippen molar-refractivity contribution in [3.8, 4) is 0 Å². The van der Waals surface area contributed by atoms with Gasteiger partial charge in [-0.1, -0.05) is 13.2 Å². The number of ketones is 2. The molecular weight excluding hydrogens is 178 g/mol. The van der Waals surface area contributed by atoms with Crippen LogP contribution in [0, 0.1) is 0 Å². The highest BCUT2D eigenvalue weighted by atomic mass is 16.1. The van der Waals surface area contributed by atoms with Crippen LogP contribution in [-0.2, 0) is 0 Å². The van der Waals surface area contributed by atoms with Gasteiger partial charge in [-0.3, -0.25) is 14.6 Å². The molecule has 1 rings (SSSR count). The molecular formula is C11H9NO2. The summed E-state index contributed by atoms with van der Waals surface area (Å²) in [6.07, 6.45) is 3.73. The predicted molar refractivity (Wildman–Crippen MR) is 53.3 cm³/mol. The van der Waals surface area contributed by atoms with Crippen molar-refractivity contribution in [1.29, 1.82) is 0 Å². The summed E-state index contributed by atoms with van der Waals surface area (Å²) in [5.41, 5.74) is 0.375. The Morgan fingerprint density at radius 3 is 2.43 bits per heavy atom. The Bertz CT molecular complexity index is 369. The third-order valence-corrected chi connectivity index (χ3v) is 1.68. The first-order valence-electron chi connectivity index (χ1n) is 3.99. The molecule has 0 spiro atoms. The van der Waals surface area contributed by atoms with Crippen LogP contribution >= 0.6 is 0 Å². The van der Waals surface area contributed by atoms with Crippen molar-refractivity contribution in [2.24, 2.45) is 0 Å². The summed E-state index contributed by atoms with van der Waals surface area (Å²) >= 11 is 0. The lowest BCUT2D eigenvalue weighted by Gasteiger charge is -2.00. The lowest BCUT2D eigenvalue weighted by atomic mass is 10.1. The average Bonchev–Trinajstić information content (AvgIpc) is 2.27. The monoisotopic (exact) mass is 187 g/mol. The van der Waals surface area contributed by atoms with Crippen molar-refractivity contribution in [2.75, 3.05) is 0 Å². The highest BCUT2D eigenvalue weighted by molar-refractivity contribution is 6.14. The summed E-state index contributed by atoms with van der Waals surface area (Å²) in [5.74, 6) is -0.681. The van der Waals surface area contributed by atoms with Gasteiger partial charge < -0.3 is 0 Å². The zero-order chi connectivity index (χ0) is 10.6. The quantitative estimate of drug-likeness (QED) is 0.533. The molecule has 0 aliphatic carbocycles. The van der Waals surface area contributed by atoms with Crippen molar-refractivity contribution in [2.45, 2.75) is 0 Å². The largest absolute Gasteiger partial charge is 0.289 e. The molecule has 70 valence electrons. The van der Waals surface area contributed by atoms with E-state index in [2.05, 4.69) is 18.1 Å². The van der Waals surface area contributed by atoms with Crippen molar-refractivity contribution in [1.82, 2.24) is 4.98 Å². The first kappa shape index (κ1) is 10.1. The minimum atomic E-state index is -0.365. The van der Waals surface area contributed by atoms with Gasteiger partial charge in [-0.25, -0.2) is 0 Å². The predicted octanol–water partition coefficient (Wildman–Crippen LogP) is 1.82. The van der Waals surface area contributed by atoms with E-state index in [1.165, 1.54) is 12.3 Å². The van der Waals surface area contributed by atoms with Gasteiger partial charge in [-0.2, -0.15) is 0 Å². The zero-order valence-electron chi connectivity index (χ0n) is 7.56. The van der Waals surface area contributed by atoms with Gasteiger partial charge in [0.25, 0.3) is 0 Å². The molecule has 3 nitrogen and oxygen atoms in total. The van der Waals surface area contributed by atoms with Crippen LogP contribution in [0.5, 0.6) is 0 Å². The summed E-state index contributed by atoms with van der Waals surface area (Å²) in [6.45, 7) is 6.69. The van der Waals surface area contributed by atoms with E-state index in [-0.39, 0.29) is 22.8 Å². The van der Waals surface area contributed by atoms with Crippen LogP contribution < -0.4 is 0 Å². The number of rotatable bonds is 4. The second kappa shape index (κ2) is 4.28. The fraction of sp³-hybridized carbons (Fsp3) is 0. The smallest absolute Gasteiger partial charge is 0.204 e. The van der Waals surface area contributed by atoms with E-state index in [4.69, 9.17) is 0 Å². The second-order valence-corrected chi connectivity index (χ2v) is 2.54. The number of aromatic nitrogens is 1. The molecule has 1 aromatic heterocycles. The second-order valence-electron chi connectivity index (χ2n) is 2.54. The molecule has 0 aliphatic heterocycles. The van der Waals surface area contributed by atoms with E-state index >= 15 is 0 Å². The van der Waals surface area contributed by atoms with Crippen LogP contribution in [0.1, 0.15) is 20.8 Å². The Morgan fingerprint density at radius 1 is 1.21 bits per heavy atom. The van der Waals surface area contributed by atoms with E-state index in [9.17, 15) is 9.59 Å². The molecule has 1 aromatic rings. The summed E-state index contributed by atoms with van der Waals surface area (Å²) in [4.78, 5) is 26.4. The number of nitrogens with zero attached hydrogens (tertiary/aromatic N) is 1. The average molecular weight is 187 g/mol. The van der Waals surface area contributed by atoms with E-state index in [1.54, 1.807) is 6.07 Å². The third kappa shape index (κ3) is 1.82. The van der Waals surface area contributed by atoms with Gasteiger partial charge in [0.2, 0.25) is 5.78 Å². The summed E-state index contributed by atoms with van der Waals surface area (Å²) in [5, 5.41) is 0. The molecule has 0 saturated carbocycles. The Kier molecular flexibility index (Phi) is 3.07. The fourth-order valence-electron chi connectivity index (χ4n) is 1.01. The van der Waals surface area contributed by atoms with Crippen LogP contribution in [0.15, 0.2) is 43.6 Å². The Hall–Kier alpha value is -2.03. The molecule has 14 heavy (non-hydrogen) atoms. The summed E-state index contributed by atoms with van der Waals surface area (Å²) < 4.78 is 0. The molecule has 1 heterocycles. The maximum Gasteiger partial charge on any atom is 0.204 e. The van der Waals surface area contributed by atoms with Gasteiger partial charge in [0, 0.05) is 6.20 Å². The maximum atomic E-state index is 11.3. The standard InChI is InChI=1S/C11H9NO2/c1-3-9(13)8-6-5-7-12-11(8)10(14)4-2/h3-7H,1-2H2. The zero-order valence-corrected chi connectivity index (χ0v) is 7.56. The van der Waals surface area contributed by atoms with Crippen molar-refractivity contribution < 1.29 is 9.59 Å². The normalized spacial score (nSPS) is 9.14. The van der Waals surface area contributed by atoms with Crippen LogP contribution in [0.3, 0.4) is 0 Å². The van der Waals surface area contributed by atoms with Gasteiger partial charge >= 0.3 is 0 Å². The maximum absolute atomic E-state index is 11.3. The highest BCUT2D eigenvalue weighted by Gasteiger charge is 2.13. The molecule has 0 unspecified atom stereocenters. The number of carbonyl (C=O) groups excluding carboxylic acids is 2. The van der Waals surface area contributed by atoms with Crippen molar-refractivity contribution >= 4 is 11.6 Å². The number of hydrogen-bond acceptors (Lipinski definition) is 3. The molecule has 0 fully saturated rings. The molecule has 0 amide bonds. The Balaban J connectivity index is 3.28. The van der Waals surface area contributed by atoms with Crippen LogP contribution in [0.25, 0.3) is 0 Å². The van der Waals surface area contributed by atoms with Crippen LogP contribution in [-0.4, -0.2) is 16.6 Å². The minimum absolute atomic E-state index is 0.118. The highest BCUT2D eigenvalue weighted by Crippen LogP contribution is 2.08. The number of allylic oxidation sites excluding steroid dienone is 2. The summed E-state index contributed by atoms with van der Waals surface area (Å²) in [6, 6.07) is 3.13. The lowest BCUT2D eigenvalue weighted by Crippen LogP contribution is -2.07. The third-order valence-electron chi connectivity index (χ3n) is 1.68. The molecule has 0 bridgehead atoms. The van der Waals surface area contributed by atoms with E-state index < -0.39 is 0 Å². The van der Waals surface area contributed by atoms with Gasteiger partial charge in [0.15, 0.2) is 5.78 Å².